The molecule has 0 fully saturated rings. The largest absolute Gasteiger partial charge is 0.459 e. The molecule has 0 bridgehead atoms. The molecule has 0 spiro atoms. The second kappa shape index (κ2) is 8.57. The lowest BCUT2D eigenvalue weighted by Gasteiger charge is -2.27. The maximum Gasteiger partial charge on any atom is 0.291 e. The van der Waals surface area contributed by atoms with Gasteiger partial charge in [0.2, 0.25) is 0 Å². The molecule has 1 N–H and O–H groups in total. The lowest BCUT2D eigenvalue weighted by atomic mass is 10.1. The Kier molecular flexibility index (Phi) is 5.94. The lowest BCUT2D eigenvalue weighted by molar-refractivity contribution is 0.0690. The van der Waals surface area contributed by atoms with Gasteiger partial charge in [-0.15, -0.1) is 0 Å². The molecule has 0 unspecified atom stereocenters. The number of hydrogen-bond acceptors (Lipinski definition) is 3. The Hall–Kier alpha value is -3.34. The highest BCUT2D eigenvalue weighted by molar-refractivity contribution is 6.04. The Balaban J connectivity index is 1.83. The molecular weight excluding hydrogens is 352 g/mol. The number of benzene rings is 2. The summed E-state index contributed by atoms with van der Waals surface area (Å²) >= 11 is 0. The Bertz CT molecular complexity index is 947. The molecule has 144 valence electrons. The van der Waals surface area contributed by atoms with Crippen LogP contribution in [0.2, 0.25) is 0 Å². The second-order valence-corrected chi connectivity index (χ2v) is 6.97. The molecule has 0 aliphatic carbocycles. The molecule has 2 aromatic carbocycles. The van der Waals surface area contributed by atoms with Crippen molar-refractivity contribution in [1.82, 2.24) is 4.90 Å². The number of carbonyl (C=O) groups is 2. The minimum Gasteiger partial charge on any atom is -0.459 e. The van der Waals surface area contributed by atoms with Gasteiger partial charge in [0.1, 0.15) is 0 Å². The van der Waals surface area contributed by atoms with Crippen molar-refractivity contribution in [3.8, 4) is 0 Å². The van der Waals surface area contributed by atoms with Gasteiger partial charge in [0, 0.05) is 23.8 Å². The Morgan fingerprint density at radius 3 is 2.43 bits per heavy atom. The molecule has 28 heavy (non-hydrogen) atoms. The van der Waals surface area contributed by atoms with Crippen molar-refractivity contribution >= 4 is 17.5 Å². The topological polar surface area (TPSA) is 62.6 Å². The molecule has 3 aromatic rings. The number of hydrogen-bond donors (Lipinski definition) is 1. The first-order valence-electron chi connectivity index (χ1n) is 9.26. The van der Waals surface area contributed by atoms with Crippen molar-refractivity contribution in [2.24, 2.45) is 0 Å². The van der Waals surface area contributed by atoms with Crippen molar-refractivity contribution in [2.75, 3.05) is 5.32 Å². The molecule has 0 aliphatic heterocycles. The molecule has 0 aliphatic rings. The molecule has 1 heterocycles. The predicted octanol–water partition coefficient (Wildman–Crippen LogP) is 4.89. The SMILES string of the molecule is Cc1ccc(C(=O)N(Cc2ccccc2)C(C)C)cc1NC(=O)c1ccco1. The van der Waals surface area contributed by atoms with Crippen LogP contribution in [0.3, 0.4) is 0 Å². The maximum absolute atomic E-state index is 13.2. The van der Waals surface area contributed by atoms with Crippen molar-refractivity contribution in [2.45, 2.75) is 33.4 Å². The van der Waals surface area contributed by atoms with E-state index in [1.807, 2.05) is 62.1 Å². The van der Waals surface area contributed by atoms with Crippen LogP contribution in [0.1, 0.15) is 45.9 Å². The first-order chi connectivity index (χ1) is 13.5. The van der Waals surface area contributed by atoms with Gasteiger partial charge in [-0.05, 0) is 56.2 Å². The lowest BCUT2D eigenvalue weighted by Crippen LogP contribution is -2.36. The highest BCUT2D eigenvalue weighted by Gasteiger charge is 2.20. The third-order valence-corrected chi connectivity index (χ3v) is 4.56. The third kappa shape index (κ3) is 4.49. The number of aryl methyl sites for hydroxylation is 1. The molecule has 5 nitrogen and oxygen atoms in total. The summed E-state index contributed by atoms with van der Waals surface area (Å²) in [6.45, 7) is 6.40. The summed E-state index contributed by atoms with van der Waals surface area (Å²) in [6, 6.07) is 18.5. The van der Waals surface area contributed by atoms with E-state index in [0.717, 1.165) is 11.1 Å². The quantitative estimate of drug-likeness (QED) is 0.666. The first kappa shape index (κ1) is 19.4. The van der Waals surface area contributed by atoms with E-state index in [9.17, 15) is 9.59 Å². The normalized spacial score (nSPS) is 10.7. The van der Waals surface area contributed by atoms with Crippen LogP contribution in [0.25, 0.3) is 0 Å². The molecule has 0 radical (unpaired) electrons. The summed E-state index contributed by atoms with van der Waals surface area (Å²) in [5, 5.41) is 2.82. The summed E-state index contributed by atoms with van der Waals surface area (Å²) in [4.78, 5) is 27.3. The van der Waals surface area contributed by atoms with Gasteiger partial charge in [-0.2, -0.15) is 0 Å². The van der Waals surface area contributed by atoms with E-state index in [1.165, 1.54) is 6.26 Å². The minimum absolute atomic E-state index is 0.0372. The number of nitrogens with zero attached hydrogens (tertiary/aromatic N) is 1. The van der Waals surface area contributed by atoms with Gasteiger partial charge in [0.25, 0.3) is 11.8 Å². The van der Waals surface area contributed by atoms with Gasteiger partial charge < -0.3 is 14.6 Å². The first-order valence-corrected chi connectivity index (χ1v) is 9.26. The standard InChI is InChI=1S/C23H24N2O3/c1-16(2)25(15-18-8-5-4-6-9-18)23(27)19-12-11-17(3)20(14-19)24-22(26)21-10-7-13-28-21/h4-14,16H,15H2,1-3H3,(H,24,26). The fourth-order valence-electron chi connectivity index (χ4n) is 2.92. The molecule has 0 atom stereocenters. The number of furan rings is 1. The highest BCUT2D eigenvalue weighted by atomic mass is 16.3. The number of amides is 2. The summed E-state index contributed by atoms with van der Waals surface area (Å²) in [5.41, 5.74) is 3.07. The van der Waals surface area contributed by atoms with Gasteiger partial charge in [-0.25, -0.2) is 0 Å². The van der Waals surface area contributed by atoms with Crippen LogP contribution in [0, 0.1) is 6.92 Å². The fourth-order valence-corrected chi connectivity index (χ4v) is 2.92. The smallest absolute Gasteiger partial charge is 0.291 e. The number of anilines is 1. The second-order valence-electron chi connectivity index (χ2n) is 6.97. The number of nitrogens with one attached hydrogen (secondary N) is 1. The van der Waals surface area contributed by atoms with E-state index in [2.05, 4.69) is 5.32 Å². The molecular formula is C23H24N2O3. The molecule has 1 aromatic heterocycles. The average Bonchev–Trinajstić information content (AvgIpc) is 3.23. The summed E-state index contributed by atoms with van der Waals surface area (Å²) < 4.78 is 5.13. The minimum atomic E-state index is -0.345. The van der Waals surface area contributed by atoms with E-state index in [-0.39, 0.29) is 23.6 Å². The Morgan fingerprint density at radius 1 is 1.04 bits per heavy atom. The van der Waals surface area contributed by atoms with Gasteiger partial charge in [-0.1, -0.05) is 36.4 Å². The van der Waals surface area contributed by atoms with Crippen LogP contribution in [-0.2, 0) is 6.54 Å². The molecule has 5 heteroatoms. The summed E-state index contributed by atoms with van der Waals surface area (Å²) in [5.74, 6) is -0.195. The van der Waals surface area contributed by atoms with E-state index in [0.29, 0.717) is 17.8 Å². The van der Waals surface area contributed by atoms with Crippen LogP contribution >= 0.6 is 0 Å². The van der Waals surface area contributed by atoms with E-state index in [4.69, 9.17) is 4.42 Å². The van der Waals surface area contributed by atoms with Gasteiger partial charge in [-0.3, -0.25) is 9.59 Å². The number of rotatable bonds is 6. The van der Waals surface area contributed by atoms with Crippen molar-refractivity contribution < 1.29 is 14.0 Å². The zero-order valence-electron chi connectivity index (χ0n) is 16.3. The van der Waals surface area contributed by atoms with Crippen molar-refractivity contribution in [3.63, 3.8) is 0 Å². The van der Waals surface area contributed by atoms with Crippen molar-refractivity contribution in [3.05, 3.63) is 89.4 Å². The summed E-state index contributed by atoms with van der Waals surface area (Å²) in [6.07, 6.45) is 1.45. The third-order valence-electron chi connectivity index (χ3n) is 4.56. The highest BCUT2D eigenvalue weighted by Crippen LogP contribution is 2.21. The molecule has 0 saturated heterocycles. The van der Waals surface area contributed by atoms with Crippen LogP contribution in [0.5, 0.6) is 0 Å². The predicted molar refractivity (Wildman–Crippen MR) is 109 cm³/mol. The van der Waals surface area contributed by atoms with E-state index >= 15 is 0 Å². The van der Waals surface area contributed by atoms with Gasteiger partial charge in [0.05, 0.1) is 6.26 Å². The average molecular weight is 376 g/mol. The van der Waals surface area contributed by atoms with E-state index < -0.39 is 0 Å². The van der Waals surface area contributed by atoms with Gasteiger partial charge >= 0.3 is 0 Å². The molecule has 3 rings (SSSR count). The van der Waals surface area contributed by atoms with Crippen molar-refractivity contribution in [1.29, 1.82) is 0 Å². The fraction of sp³-hybridized carbons (Fsp3) is 0.217. The molecule has 0 saturated carbocycles. The maximum atomic E-state index is 13.2. The Labute approximate surface area is 165 Å². The zero-order chi connectivity index (χ0) is 20.1. The van der Waals surface area contributed by atoms with E-state index in [1.54, 1.807) is 24.3 Å². The van der Waals surface area contributed by atoms with Crippen LogP contribution in [0.15, 0.2) is 71.3 Å². The Morgan fingerprint density at radius 2 is 1.79 bits per heavy atom. The summed E-state index contributed by atoms with van der Waals surface area (Å²) in [7, 11) is 0. The van der Waals surface area contributed by atoms with Gasteiger partial charge in [0.15, 0.2) is 5.76 Å². The zero-order valence-corrected chi connectivity index (χ0v) is 16.3. The number of carbonyl (C=O) groups excluding carboxylic acids is 2. The van der Waals surface area contributed by atoms with Crippen LogP contribution < -0.4 is 5.32 Å². The van der Waals surface area contributed by atoms with Crippen LogP contribution in [0.4, 0.5) is 5.69 Å². The molecule has 2 amide bonds. The van der Waals surface area contributed by atoms with Crippen LogP contribution in [-0.4, -0.2) is 22.8 Å². The monoisotopic (exact) mass is 376 g/mol.